The number of aryl methyl sites for hydroxylation is 1. The van der Waals surface area contributed by atoms with Gasteiger partial charge in [-0.25, -0.2) is 0 Å². The predicted octanol–water partition coefficient (Wildman–Crippen LogP) is 4.59. The Labute approximate surface area is 136 Å². The van der Waals surface area contributed by atoms with Gasteiger partial charge in [-0.3, -0.25) is 0 Å². The summed E-state index contributed by atoms with van der Waals surface area (Å²) in [5, 5.41) is 8.01. The molecule has 1 aromatic heterocycles. The Balaban J connectivity index is 0.000000428. The van der Waals surface area contributed by atoms with Gasteiger partial charge < -0.3 is 5.41 Å². The minimum atomic E-state index is -1.18. The fourth-order valence-corrected chi connectivity index (χ4v) is 4.88. The van der Waals surface area contributed by atoms with Crippen LogP contribution in [0.15, 0.2) is 24.4 Å². The van der Waals surface area contributed by atoms with Crippen LogP contribution in [0.2, 0.25) is 25.2 Å². The zero-order valence-electron chi connectivity index (χ0n) is 13.7. The number of rotatable bonds is 5. The molecule has 0 saturated heterocycles. The van der Waals surface area contributed by atoms with E-state index in [1.165, 1.54) is 5.56 Å². The molecule has 0 aliphatic heterocycles. The molecular weight excluding hydrogens is 355 g/mol. The molecule has 1 aromatic rings. The number of nitrogens with one attached hydrogen (secondary N) is 2. The Morgan fingerprint density at radius 3 is 2.20 bits per heavy atom. The van der Waals surface area contributed by atoms with Gasteiger partial charge in [0.15, 0.2) is 0 Å². The normalized spacial score (nSPS) is 12.4. The van der Waals surface area contributed by atoms with Gasteiger partial charge in [0.05, 0.1) is 8.07 Å². The third-order valence-electron chi connectivity index (χ3n) is 3.22. The molecule has 0 radical (unpaired) electrons. The van der Waals surface area contributed by atoms with Gasteiger partial charge >= 0.3 is 53.1 Å². The van der Waals surface area contributed by atoms with Gasteiger partial charge in [-0.1, -0.05) is 45.1 Å². The Morgan fingerprint density at radius 1 is 1.45 bits per heavy atom. The van der Waals surface area contributed by atoms with E-state index in [2.05, 4.69) is 64.3 Å². The average Bonchev–Trinajstić information content (AvgIpc) is 2.61. The quantitative estimate of drug-likeness (QED) is 0.424. The van der Waals surface area contributed by atoms with E-state index in [-0.39, 0.29) is 0 Å². The minimum absolute atomic E-state index is 0.532. The van der Waals surface area contributed by atoms with Gasteiger partial charge in [-0.05, 0) is 12.5 Å². The molecule has 0 spiro atoms. The van der Waals surface area contributed by atoms with E-state index >= 15 is 0 Å². The predicted molar refractivity (Wildman–Crippen MR) is 89.7 cm³/mol. The number of aromatic nitrogens is 1. The molecule has 117 valence electrons. The van der Waals surface area contributed by atoms with Crippen molar-refractivity contribution in [3.8, 4) is 0 Å². The molecule has 1 rings (SSSR count). The van der Waals surface area contributed by atoms with Crippen LogP contribution in [0.3, 0.4) is 0 Å². The summed E-state index contributed by atoms with van der Waals surface area (Å²) in [6.45, 7) is 17.1. The third kappa shape index (κ3) is 7.38. The van der Waals surface area contributed by atoms with E-state index in [1.54, 1.807) is 0 Å². The zero-order valence-corrected chi connectivity index (χ0v) is 16.2. The van der Waals surface area contributed by atoms with Crippen LogP contribution in [0.4, 0.5) is 0 Å². The van der Waals surface area contributed by atoms with E-state index in [0.29, 0.717) is 5.54 Å². The van der Waals surface area contributed by atoms with Crippen molar-refractivity contribution < 1.29 is 19.2 Å². The van der Waals surface area contributed by atoms with Crippen LogP contribution in [0.1, 0.15) is 32.3 Å². The first-order valence-electron chi connectivity index (χ1n) is 7.07. The molecular formula is C16H29N2PdSi. The SMILES string of the molecule is C=C(C)CC(=N)C(CC)[Si](C)(C)C.Cc1cc[nH][c]1[Pd]. The van der Waals surface area contributed by atoms with Crippen LogP contribution < -0.4 is 4.17 Å². The maximum atomic E-state index is 8.01. The summed E-state index contributed by atoms with van der Waals surface area (Å²) >= 11 is 3.06. The molecule has 1 atom stereocenters. The molecule has 0 amide bonds. The zero-order chi connectivity index (χ0) is 15.9. The van der Waals surface area contributed by atoms with Crippen LogP contribution in [-0.2, 0) is 19.2 Å². The molecule has 0 saturated carbocycles. The summed E-state index contributed by atoms with van der Waals surface area (Å²) in [4.78, 5) is 3.00. The molecule has 0 bridgehead atoms. The average molecular weight is 384 g/mol. The molecule has 2 N–H and O–H groups in total. The second-order valence-electron chi connectivity index (χ2n) is 6.43. The van der Waals surface area contributed by atoms with Gasteiger partial charge in [0, 0.05) is 12.1 Å². The molecule has 2 nitrogen and oxygen atoms in total. The van der Waals surface area contributed by atoms with Gasteiger partial charge in [0.25, 0.3) is 0 Å². The molecule has 0 aliphatic carbocycles. The van der Waals surface area contributed by atoms with Crippen LogP contribution in [0, 0.1) is 12.3 Å². The molecule has 1 heterocycles. The summed E-state index contributed by atoms with van der Waals surface area (Å²) in [6, 6.07) is 2.03. The van der Waals surface area contributed by atoms with Crippen LogP contribution >= 0.6 is 0 Å². The fourth-order valence-electron chi connectivity index (χ4n) is 2.25. The van der Waals surface area contributed by atoms with Gasteiger partial charge in [0.1, 0.15) is 0 Å². The van der Waals surface area contributed by atoms with Crippen molar-refractivity contribution in [2.45, 2.75) is 58.8 Å². The second kappa shape index (κ2) is 8.77. The van der Waals surface area contributed by atoms with E-state index in [0.717, 1.165) is 28.3 Å². The number of hydrogen-bond donors (Lipinski definition) is 2. The number of hydrogen-bond acceptors (Lipinski definition) is 1. The molecule has 1 unspecified atom stereocenters. The van der Waals surface area contributed by atoms with E-state index < -0.39 is 8.07 Å². The summed E-state index contributed by atoms with van der Waals surface area (Å²) in [5.74, 6) is 0. The van der Waals surface area contributed by atoms with Crippen molar-refractivity contribution in [1.82, 2.24) is 4.98 Å². The van der Waals surface area contributed by atoms with Crippen molar-refractivity contribution in [3.05, 3.63) is 30.0 Å². The van der Waals surface area contributed by atoms with Gasteiger partial charge in [-0.2, -0.15) is 0 Å². The number of H-pyrrole nitrogens is 1. The summed E-state index contributed by atoms with van der Waals surface area (Å²) in [7, 11) is -1.18. The third-order valence-corrected chi connectivity index (χ3v) is 6.91. The molecule has 0 fully saturated rings. The first-order valence-corrected chi connectivity index (χ1v) is 11.4. The summed E-state index contributed by atoms with van der Waals surface area (Å²) in [6.07, 6.45) is 3.82. The summed E-state index contributed by atoms with van der Waals surface area (Å²) in [5.41, 5.74) is 3.81. The number of allylic oxidation sites excluding steroid dienone is 1. The Morgan fingerprint density at radius 2 is 2.00 bits per heavy atom. The molecule has 0 aromatic carbocycles. The van der Waals surface area contributed by atoms with E-state index in [4.69, 9.17) is 5.41 Å². The van der Waals surface area contributed by atoms with Crippen LogP contribution in [0.5, 0.6) is 0 Å². The Kier molecular flexibility index (Phi) is 8.58. The van der Waals surface area contributed by atoms with E-state index in [1.807, 2.05) is 19.2 Å². The monoisotopic (exact) mass is 383 g/mol. The van der Waals surface area contributed by atoms with Crippen LogP contribution in [-0.4, -0.2) is 18.8 Å². The van der Waals surface area contributed by atoms with Crippen LogP contribution in [0.25, 0.3) is 0 Å². The number of aromatic amines is 1. The topological polar surface area (TPSA) is 39.6 Å². The Bertz CT molecular complexity index is 427. The standard InChI is InChI=1S/C11H23NSi.C5H6N.Pd/c1-7-11(13(4,5)6)10(12)8-9(2)3;1-5-2-3-6-4-5;/h11-12H,2,7-8H2,1,3-6H3;2-3,6H,1H3;. The Hall–Kier alpha value is -0.431. The molecule has 4 heteroatoms. The van der Waals surface area contributed by atoms with Crippen molar-refractivity contribution >= 4 is 18.0 Å². The van der Waals surface area contributed by atoms with Gasteiger partial charge in [0.2, 0.25) is 0 Å². The molecule has 20 heavy (non-hydrogen) atoms. The van der Waals surface area contributed by atoms with Crippen molar-refractivity contribution in [3.63, 3.8) is 0 Å². The first-order chi connectivity index (χ1) is 9.09. The molecule has 0 aliphatic rings. The van der Waals surface area contributed by atoms with Crippen molar-refractivity contribution in [2.24, 2.45) is 0 Å². The fraction of sp³-hybridized carbons (Fsp3) is 0.562. The van der Waals surface area contributed by atoms with Gasteiger partial charge in [-0.15, -0.1) is 0 Å². The maximum absolute atomic E-state index is 8.01. The summed E-state index contributed by atoms with van der Waals surface area (Å²) < 4.78 is 1.11. The van der Waals surface area contributed by atoms with Crippen molar-refractivity contribution in [1.29, 1.82) is 5.41 Å². The second-order valence-corrected chi connectivity index (χ2v) is 12.6. The first kappa shape index (κ1) is 19.6. The van der Waals surface area contributed by atoms with E-state index in [9.17, 15) is 0 Å². The van der Waals surface area contributed by atoms with Crippen molar-refractivity contribution in [2.75, 3.05) is 0 Å².